The molecule has 11 heteroatoms. The molecule has 7 rings (SSSR count). The van der Waals surface area contributed by atoms with Gasteiger partial charge >= 0.3 is 0 Å². The maximum atomic E-state index is 13.5. The Morgan fingerprint density at radius 2 is 2.02 bits per heavy atom. The number of halogens is 1. The number of aromatic nitrogens is 1. The summed E-state index contributed by atoms with van der Waals surface area (Å²) in [6.07, 6.45) is 11.5. The standard InChI is InChI=1S/C36H42ClN3O5S2/c1-23-6-4-15-36(44-3,34-38-16-17-46-34)30-11-8-27(30)20-40-21-35(14-5-7-25-18-28(37)10-12-29(25)35)22-45-32-13-9-26(19-31(32)40)33(41)39-47(42,43)24(23)2/h4,9-10,12-13,15-19,23-24,27,30H,5-8,11,14,20-22H2,1-3H3,(H,39,41)/b15-4-/t23-,24+,27-,30+,35-,36-/m0/s1. The van der Waals surface area contributed by atoms with Crippen LogP contribution in [0.3, 0.4) is 0 Å². The molecule has 1 saturated carbocycles. The van der Waals surface area contributed by atoms with Crippen LogP contribution in [0.15, 0.2) is 60.1 Å². The fourth-order valence-electron chi connectivity index (χ4n) is 8.20. The molecule has 2 aliphatic carbocycles. The Morgan fingerprint density at radius 1 is 1.17 bits per heavy atom. The summed E-state index contributed by atoms with van der Waals surface area (Å²) in [5.74, 6) is 0.260. The zero-order valence-corrected chi connectivity index (χ0v) is 29.5. The summed E-state index contributed by atoms with van der Waals surface area (Å²) in [6.45, 7) is 5.48. The van der Waals surface area contributed by atoms with Crippen molar-refractivity contribution in [1.29, 1.82) is 0 Å². The fourth-order valence-corrected chi connectivity index (χ4v) is 10.5. The highest BCUT2D eigenvalue weighted by molar-refractivity contribution is 7.90. The van der Waals surface area contributed by atoms with Gasteiger partial charge in [0.25, 0.3) is 5.91 Å². The van der Waals surface area contributed by atoms with Crippen molar-refractivity contribution >= 4 is 44.6 Å². The first-order chi connectivity index (χ1) is 22.5. The summed E-state index contributed by atoms with van der Waals surface area (Å²) < 4.78 is 42.3. The van der Waals surface area contributed by atoms with Crippen molar-refractivity contribution in [2.45, 2.75) is 68.6 Å². The molecule has 4 aliphatic rings. The van der Waals surface area contributed by atoms with Crippen molar-refractivity contribution < 1.29 is 22.7 Å². The second-order valence-corrected chi connectivity index (χ2v) is 17.2. The second-order valence-electron chi connectivity index (χ2n) is 13.9. The van der Waals surface area contributed by atoms with E-state index >= 15 is 0 Å². The largest absolute Gasteiger partial charge is 0.490 e. The summed E-state index contributed by atoms with van der Waals surface area (Å²) in [7, 11) is -2.20. The van der Waals surface area contributed by atoms with Gasteiger partial charge in [0.05, 0.1) is 17.5 Å². The number of carbonyl (C=O) groups excluding carboxylic acids is 1. The van der Waals surface area contributed by atoms with E-state index in [1.165, 1.54) is 11.1 Å². The molecule has 2 aliphatic heterocycles. The highest BCUT2D eigenvalue weighted by Gasteiger charge is 2.51. The molecule has 1 spiro atoms. The minimum absolute atomic E-state index is 0.159. The number of anilines is 1. The van der Waals surface area contributed by atoms with Crippen LogP contribution in [0.4, 0.5) is 5.69 Å². The maximum Gasteiger partial charge on any atom is 0.264 e. The summed E-state index contributed by atoms with van der Waals surface area (Å²) >= 11 is 8.04. The highest BCUT2D eigenvalue weighted by Crippen LogP contribution is 2.52. The van der Waals surface area contributed by atoms with E-state index in [2.05, 4.69) is 27.8 Å². The van der Waals surface area contributed by atoms with Crippen LogP contribution in [0.2, 0.25) is 5.02 Å². The fraction of sp³-hybridized carbons (Fsp3) is 0.500. The number of methoxy groups -OCH3 is 1. The van der Waals surface area contributed by atoms with Crippen molar-refractivity contribution in [2.24, 2.45) is 17.8 Å². The van der Waals surface area contributed by atoms with Gasteiger partial charge in [-0.1, -0.05) is 30.7 Å². The number of amides is 1. The van der Waals surface area contributed by atoms with Gasteiger partial charge in [-0.15, -0.1) is 11.3 Å². The van der Waals surface area contributed by atoms with E-state index in [-0.39, 0.29) is 23.2 Å². The zero-order valence-electron chi connectivity index (χ0n) is 27.1. The molecule has 3 aromatic rings. The molecular formula is C36H42ClN3O5S2. The SMILES string of the molecule is CO[C@@]1(c2nccs2)/C=C\C[C@H](C)[C@@H](C)S(=O)(=O)NC(=O)c2ccc3c(c2)N(C[C@@H]2CC[C@H]21)C[C@@]1(CCCc2cc(Cl)ccc21)CO3. The molecule has 1 amide bonds. The molecular weight excluding hydrogens is 654 g/mol. The Morgan fingerprint density at radius 3 is 2.77 bits per heavy atom. The molecule has 8 nitrogen and oxygen atoms in total. The minimum Gasteiger partial charge on any atom is -0.490 e. The Balaban J connectivity index is 1.35. The lowest BCUT2D eigenvalue weighted by Gasteiger charge is -2.49. The molecule has 0 unspecified atom stereocenters. The third-order valence-electron chi connectivity index (χ3n) is 11.2. The lowest BCUT2D eigenvalue weighted by molar-refractivity contribution is -0.0805. The number of rotatable bonds is 2. The zero-order chi connectivity index (χ0) is 33.0. The van der Waals surface area contributed by atoms with Crippen molar-refractivity contribution in [3.05, 3.63) is 86.8 Å². The van der Waals surface area contributed by atoms with Gasteiger partial charge in [-0.3, -0.25) is 4.79 Å². The molecule has 0 radical (unpaired) electrons. The van der Waals surface area contributed by atoms with E-state index in [0.717, 1.165) is 54.4 Å². The van der Waals surface area contributed by atoms with Gasteiger partial charge in [0.1, 0.15) is 16.4 Å². The summed E-state index contributed by atoms with van der Waals surface area (Å²) in [6, 6.07) is 11.5. The number of nitrogens with zero attached hydrogens (tertiary/aromatic N) is 2. The number of benzene rings is 2. The van der Waals surface area contributed by atoms with Gasteiger partial charge in [-0.2, -0.15) is 0 Å². The van der Waals surface area contributed by atoms with Crippen LogP contribution in [0.1, 0.15) is 72.4 Å². The van der Waals surface area contributed by atoms with Crippen molar-refractivity contribution in [3.63, 3.8) is 0 Å². The number of thiazole rings is 1. The number of aryl methyl sites for hydroxylation is 1. The Labute approximate surface area is 286 Å². The quantitative estimate of drug-likeness (QED) is 0.292. The van der Waals surface area contributed by atoms with E-state index in [9.17, 15) is 13.2 Å². The maximum absolute atomic E-state index is 13.5. The van der Waals surface area contributed by atoms with Gasteiger partial charge in [0.15, 0.2) is 0 Å². The third kappa shape index (κ3) is 5.79. The molecule has 3 heterocycles. The summed E-state index contributed by atoms with van der Waals surface area (Å²) in [5, 5.41) is 2.83. The van der Waals surface area contributed by atoms with Crippen LogP contribution in [-0.2, 0) is 32.2 Å². The highest BCUT2D eigenvalue weighted by atomic mass is 35.5. The molecule has 1 aromatic heterocycles. The number of nitrogens with one attached hydrogen (secondary N) is 1. The third-order valence-corrected chi connectivity index (χ3v) is 14.3. The van der Waals surface area contributed by atoms with E-state index in [0.29, 0.717) is 30.9 Å². The summed E-state index contributed by atoms with van der Waals surface area (Å²) in [5.41, 5.74) is 2.61. The smallest absolute Gasteiger partial charge is 0.264 e. The Hall–Kier alpha value is -2.92. The lowest BCUT2D eigenvalue weighted by Crippen LogP contribution is -2.52. The van der Waals surface area contributed by atoms with Crippen molar-refractivity contribution in [2.75, 3.05) is 31.7 Å². The summed E-state index contributed by atoms with van der Waals surface area (Å²) in [4.78, 5) is 20.7. The van der Waals surface area contributed by atoms with Gasteiger partial charge < -0.3 is 14.4 Å². The van der Waals surface area contributed by atoms with Crippen molar-refractivity contribution in [1.82, 2.24) is 9.71 Å². The Bertz CT molecular complexity index is 1800. The lowest BCUT2D eigenvalue weighted by atomic mass is 9.64. The average molecular weight is 696 g/mol. The normalized spacial score (nSPS) is 32.6. The van der Waals surface area contributed by atoms with Crippen LogP contribution in [0, 0.1) is 17.8 Å². The van der Waals surface area contributed by atoms with E-state index in [1.54, 1.807) is 31.4 Å². The van der Waals surface area contributed by atoms with E-state index in [4.69, 9.17) is 26.1 Å². The molecule has 6 atom stereocenters. The predicted octanol–water partition coefficient (Wildman–Crippen LogP) is 6.88. The van der Waals surface area contributed by atoms with Gasteiger partial charge in [0.2, 0.25) is 10.0 Å². The van der Waals surface area contributed by atoms with Gasteiger partial charge in [0, 0.05) is 53.7 Å². The van der Waals surface area contributed by atoms with Crippen LogP contribution in [-0.4, -0.2) is 51.4 Å². The number of hydrogen-bond acceptors (Lipinski definition) is 8. The first-order valence-electron chi connectivity index (χ1n) is 16.5. The molecule has 0 saturated heterocycles. The monoisotopic (exact) mass is 695 g/mol. The number of carbonyl (C=O) groups is 1. The van der Waals surface area contributed by atoms with Crippen molar-refractivity contribution in [3.8, 4) is 5.75 Å². The topological polar surface area (TPSA) is 97.8 Å². The number of hydrogen-bond donors (Lipinski definition) is 1. The van der Waals surface area contributed by atoms with Crippen LogP contribution in [0.25, 0.3) is 0 Å². The van der Waals surface area contributed by atoms with E-state index < -0.39 is 26.8 Å². The van der Waals surface area contributed by atoms with Crippen LogP contribution in [0.5, 0.6) is 5.75 Å². The number of allylic oxidation sites excluding steroid dienone is 1. The molecule has 47 heavy (non-hydrogen) atoms. The number of sulfonamides is 1. The van der Waals surface area contributed by atoms with Crippen LogP contribution >= 0.6 is 22.9 Å². The first-order valence-corrected chi connectivity index (χ1v) is 19.3. The molecule has 1 N–H and O–H groups in total. The Kier molecular flexibility index (Phi) is 8.68. The average Bonchev–Trinajstić information content (AvgIpc) is 3.54. The number of ether oxygens (including phenoxy) is 2. The second kappa shape index (κ2) is 12.5. The number of fused-ring (bicyclic) bond motifs is 4. The van der Waals surface area contributed by atoms with Crippen LogP contribution < -0.4 is 14.4 Å². The molecule has 250 valence electrons. The van der Waals surface area contributed by atoms with Gasteiger partial charge in [-0.25, -0.2) is 18.1 Å². The first kappa shape index (κ1) is 32.6. The minimum atomic E-state index is -3.95. The van der Waals surface area contributed by atoms with E-state index in [1.807, 2.05) is 42.8 Å². The molecule has 2 bridgehead atoms. The molecule has 2 aromatic carbocycles. The predicted molar refractivity (Wildman–Crippen MR) is 186 cm³/mol. The molecule has 1 fully saturated rings. The van der Waals surface area contributed by atoms with Gasteiger partial charge in [-0.05, 0) is 105 Å².